The van der Waals surface area contributed by atoms with Crippen LogP contribution in [0.2, 0.25) is 0 Å². The predicted octanol–water partition coefficient (Wildman–Crippen LogP) is 13.4. The summed E-state index contributed by atoms with van der Waals surface area (Å²) in [5.74, 6) is 0.994. The highest BCUT2D eigenvalue weighted by Gasteiger charge is 2.63. The van der Waals surface area contributed by atoms with Gasteiger partial charge in [-0.05, 0) is 141 Å². The Morgan fingerprint density at radius 1 is 0.737 bits per heavy atom. The van der Waals surface area contributed by atoms with Crippen molar-refractivity contribution in [3.05, 3.63) is 71.8 Å². The van der Waals surface area contributed by atoms with Crippen LogP contribution in [0.5, 0.6) is 0 Å². The molecule has 12 unspecified atom stereocenters. The van der Waals surface area contributed by atoms with Gasteiger partial charge in [-0.15, -0.1) is 0 Å². The fourth-order valence-corrected chi connectivity index (χ4v) is 14.9. The summed E-state index contributed by atoms with van der Waals surface area (Å²) in [6.45, 7) is 21.4. The van der Waals surface area contributed by atoms with Gasteiger partial charge in [0.25, 0.3) is 3.79 Å². The molecule has 20 atom stereocenters. The van der Waals surface area contributed by atoms with Gasteiger partial charge in [-0.1, -0.05) is 140 Å². The van der Waals surface area contributed by atoms with Crippen LogP contribution in [0.1, 0.15) is 167 Å². The highest BCUT2D eigenvalue weighted by atomic mass is 35.6. The first-order chi connectivity index (χ1) is 35.9. The second-order valence-electron chi connectivity index (χ2n) is 24.3. The van der Waals surface area contributed by atoms with Gasteiger partial charge in [0.05, 0.1) is 36.0 Å². The Morgan fingerprint density at radius 2 is 1.30 bits per heavy atom. The second kappa shape index (κ2) is 25.6. The second-order valence-corrected chi connectivity index (χ2v) is 26.5. The minimum absolute atomic E-state index is 0.0436. The Balaban J connectivity index is 0.000000396. The lowest BCUT2D eigenvalue weighted by Crippen LogP contribution is -2.57. The number of halogens is 3. The third-order valence-corrected chi connectivity index (χ3v) is 20.3. The number of ketones is 2. The SMILES string of the molecule is CCC1O[C@@H](OC[C@@H](C)CCC(=O)[C@@H](C)C2C(=O)CC3C4CCC5CC(O)CCC5(C)C4CCC32C)C(OC(=O)c2ccccc2)[C@@H](OC(=O)c2ccccc2)[C@@H]1C.CCC1O[C@H](OC(=N)C(Cl)(Cl)Cl)C(C)[C@@H](C)[C@@H]1C. The van der Waals surface area contributed by atoms with Crippen LogP contribution >= 0.6 is 34.8 Å². The normalized spacial score (nSPS) is 37.9. The molecule has 2 heterocycles. The van der Waals surface area contributed by atoms with Crippen LogP contribution < -0.4 is 0 Å². The zero-order valence-corrected chi connectivity index (χ0v) is 48.8. The smallest absolute Gasteiger partial charge is 0.338 e. The van der Waals surface area contributed by atoms with Crippen LogP contribution in [0.4, 0.5) is 0 Å². The number of ether oxygens (including phenoxy) is 6. The largest absolute Gasteiger partial charge is 0.454 e. The molecule has 8 rings (SSSR count). The van der Waals surface area contributed by atoms with E-state index in [1.54, 1.807) is 48.5 Å². The summed E-state index contributed by atoms with van der Waals surface area (Å²) in [6, 6.07) is 17.4. The number of hydrogen-bond donors (Lipinski definition) is 2. The molecule has 4 aliphatic carbocycles. The number of benzene rings is 2. The van der Waals surface area contributed by atoms with Gasteiger partial charge in [-0.25, -0.2) is 9.59 Å². The lowest BCUT2D eigenvalue weighted by molar-refractivity contribution is -0.284. The number of alkyl halides is 3. The summed E-state index contributed by atoms with van der Waals surface area (Å²) < 4.78 is 34.5. The van der Waals surface area contributed by atoms with Crippen molar-refractivity contribution in [3.8, 4) is 0 Å². The molecule has 4 saturated carbocycles. The summed E-state index contributed by atoms with van der Waals surface area (Å²) >= 11 is 16.8. The Bertz CT molecular complexity index is 2300. The highest BCUT2D eigenvalue weighted by molar-refractivity contribution is 6.76. The molecule has 2 N–H and O–H groups in total. The Labute approximate surface area is 467 Å². The number of fused-ring (bicyclic) bond motifs is 5. The van der Waals surface area contributed by atoms with Gasteiger partial charge < -0.3 is 33.5 Å². The minimum atomic E-state index is -1.84. The lowest BCUT2D eigenvalue weighted by atomic mass is 9.44. The van der Waals surface area contributed by atoms with Gasteiger partial charge >= 0.3 is 11.9 Å². The van der Waals surface area contributed by atoms with Crippen molar-refractivity contribution in [2.75, 3.05) is 6.61 Å². The molecule has 0 aromatic heterocycles. The van der Waals surface area contributed by atoms with Gasteiger partial charge in [0, 0.05) is 36.5 Å². The van der Waals surface area contributed by atoms with Crippen molar-refractivity contribution in [2.24, 2.45) is 75.9 Å². The third-order valence-electron chi connectivity index (χ3n) is 19.8. The van der Waals surface area contributed by atoms with Gasteiger partial charge in [-0.2, -0.15) is 0 Å². The van der Waals surface area contributed by atoms with E-state index in [1.807, 2.05) is 46.8 Å². The summed E-state index contributed by atoms with van der Waals surface area (Å²) in [5, 5.41) is 18.1. The maximum Gasteiger partial charge on any atom is 0.338 e. The van der Waals surface area contributed by atoms with E-state index < -0.39 is 40.5 Å². The Kier molecular flexibility index (Phi) is 20.4. The molecule has 2 aromatic carbocycles. The van der Waals surface area contributed by atoms with Crippen molar-refractivity contribution < 1.29 is 52.7 Å². The number of nitrogens with one attached hydrogen (secondary N) is 1. The molecule has 0 amide bonds. The molecule has 0 spiro atoms. The van der Waals surface area contributed by atoms with E-state index in [0.717, 1.165) is 51.4 Å². The monoisotopic (exact) mass is 1110 g/mol. The first-order valence-corrected chi connectivity index (χ1v) is 29.6. The number of aliphatic hydroxyl groups is 1. The van der Waals surface area contributed by atoms with Crippen LogP contribution in [0, 0.1) is 81.3 Å². The topological polar surface area (TPSA) is 168 Å². The molecule has 2 aliphatic heterocycles. The van der Waals surface area contributed by atoms with E-state index in [2.05, 4.69) is 34.6 Å². The average Bonchev–Trinajstić information content (AvgIpc) is 3.69. The maximum atomic E-state index is 14.0. The van der Waals surface area contributed by atoms with Crippen LogP contribution in [0.15, 0.2) is 60.7 Å². The van der Waals surface area contributed by atoms with Crippen LogP contribution in [-0.4, -0.2) is 88.0 Å². The number of esters is 2. The van der Waals surface area contributed by atoms with Crippen molar-refractivity contribution in [1.29, 1.82) is 5.41 Å². The number of hydrogen-bond acceptors (Lipinski definition) is 12. The van der Waals surface area contributed by atoms with E-state index in [4.69, 9.17) is 68.6 Å². The highest BCUT2D eigenvalue weighted by Crippen LogP contribution is 2.67. The molecule has 0 radical (unpaired) electrons. The first-order valence-electron chi connectivity index (χ1n) is 28.4. The quantitative estimate of drug-likeness (QED) is 0.0754. The third kappa shape index (κ3) is 13.2. The molecule has 2 aromatic rings. The first kappa shape index (κ1) is 60.5. The van der Waals surface area contributed by atoms with Gasteiger partial charge in [0.2, 0.25) is 12.2 Å². The molecule has 15 heteroatoms. The molecule has 12 nitrogen and oxygen atoms in total. The molecule has 6 fully saturated rings. The van der Waals surface area contributed by atoms with E-state index in [9.17, 15) is 24.3 Å². The molecule has 422 valence electrons. The fraction of sp³-hybridized carbons (Fsp3) is 0.721. The van der Waals surface area contributed by atoms with Crippen molar-refractivity contribution in [3.63, 3.8) is 0 Å². The Hall–Kier alpha value is -3.10. The van der Waals surface area contributed by atoms with E-state index in [-0.39, 0.29) is 82.8 Å². The van der Waals surface area contributed by atoms with Gasteiger partial charge in [-0.3, -0.25) is 15.0 Å². The van der Waals surface area contributed by atoms with Gasteiger partial charge in [0.1, 0.15) is 17.7 Å². The average molecular weight is 1120 g/mol. The molecule has 0 bridgehead atoms. The molecule has 2 saturated heterocycles. The van der Waals surface area contributed by atoms with Gasteiger partial charge in [0.15, 0.2) is 12.4 Å². The van der Waals surface area contributed by atoms with Crippen LogP contribution in [0.3, 0.4) is 0 Å². The van der Waals surface area contributed by atoms with E-state index >= 15 is 0 Å². The Morgan fingerprint density at radius 3 is 1.89 bits per heavy atom. The lowest BCUT2D eigenvalue weighted by Gasteiger charge is -2.61. The standard InChI is InChI=1S/C49H66O9.C12H20Cl3NO2/c1-7-41-31(4)43(57-45(53)32-14-10-8-11-15-32)44(58-46(54)33-16-12-9-13-17-33)47(56-41)55-28-29(2)18-21-39(51)30(3)42-40(52)27-38-36-20-19-34-26-35(50)22-24-48(34,5)37(36)23-25-49(38,42)6;1-5-9-7(3)6(2)8(4)10(17-9)18-11(16)12(13,14)15/h8-17,29-31,34-38,41-44,47,50H,7,18-28H2,1-6H3;6-10,16H,5H2,1-4H3/t29-,30+,31+,34?,35?,36?,37?,38?,41?,42?,43-,44?,47+,48?,49?;6-,7-,8?,9?,10+/m00/s1. The number of carbonyl (C=O) groups excluding carboxylic acids is 4. The maximum absolute atomic E-state index is 14.0. The molecule has 76 heavy (non-hydrogen) atoms. The van der Waals surface area contributed by atoms with Crippen molar-refractivity contribution in [2.45, 2.75) is 193 Å². The molecule has 6 aliphatic rings. The van der Waals surface area contributed by atoms with E-state index in [0.29, 0.717) is 72.3 Å². The zero-order valence-electron chi connectivity index (χ0n) is 46.5. The van der Waals surface area contributed by atoms with Crippen LogP contribution in [0.25, 0.3) is 0 Å². The number of carbonyl (C=O) groups is 4. The fourth-order valence-electron chi connectivity index (χ4n) is 14.8. The predicted molar refractivity (Wildman–Crippen MR) is 295 cm³/mol. The van der Waals surface area contributed by atoms with Crippen molar-refractivity contribution in [1.82, 2.24) is 0 Å². The van der Waals surface area contributed by atoms with Crippen LogP contribution in [-0.2, 0) is 38.0 Å². The summed E-state index contributed by atoms with van der Waals surface area (Å²) in [5.41, 5.74) is 0.824. The molecular formula is C61H86Cl3NO11. The summed E-state index contributed by atoms with van der Waals surface area (Å²) in [6.07, 6.45) is 6.48. The summed E-state index contributed by atoms with van der Waals surface area (Å²) in [7, 11) is 0. The zero-order chi connectivity index (χ0) is 55.4. The number of aliphatic hydroxyl groups excluding tert-OH is 1. The van der Waals surface area contributed by atoms with E-state index in [1.165, 1.54) is 0 Å². The summed E-state index contributed by atoms with van der Waals surface area (Å²) in [4.78, 5) is 54.8. The molecular weight excluding hydrogens is 1030 g/mol. The van der Waals surface area contributed by atoms with Crippen molar-refractivity contribution >= 4 is 64.2 Å². The number of rotatable bonds is 15. The minimum Gasteiger partial charge on any atom is -0.454 e. The number of Topliss-reactive ketones (excluding diaryl/α,β-unsaturated/α-hetero) is 2.